The molecule has 0 saturated heterocycles. The van der Waals surface area contributed by atoms with Gasteiger partial charge in [-0.3, -0.25) is 0 Å². The fourth-order valence-corrected chi connectivity index (χ4v) is 1.54. The van der Waals surface area contributed by atoms with Crippen molar-refractivity contribution in [2.75, 3.05) is 7.11 Å². The molecule has 0 spiro atoms. The van der Waals surface area contributed by atoms with Gasteiger partial charge >= 0.3 is 0 Å². The first-order valence-electron chi connectivity index (χ1n) is 5.36. The molecule has 2 heteroatoms. The zero-order valence-corrected chi connectivity index (χ0v) is 9.56. The molecule has 86 valence electrons. The van der Waals surface area contributed by atoms with Gasteiger partial charge in [0.1, 0.15) is 11.6 Å². The highest BCUT2D eigenvalue weighted by molar-refractivity contribution is 5.70. The van der Waals surface area contributed by atoms with Crippen LogP contribution in [0, 0.1) is 5.82 Å². The van der Waals surface area contributed by atoms with Crippen LogP contribution >= 0.6 is 0 Å². The Kier molecular flexibility index (Phi) is 3.55. The molecule has 2 aromatic carbocycles. The Morgan fingerprint density at radius 3 is 2.59 bits per heavy atom. The molecule has 0 fully saturated rings. The van der Waals surface area contributed by atoms with Gasteiger partial charge in [0.2, 0.25) is 0 Å². The molecule has 0 aromatic heterocycles. The molecule has 0 bridgehead atoms. The fraction of sp³-hybridized carbons (Fsp3) is 0.0667. The highest BCUT2D eigenvalue weighted by Crippen LogP contribution is 2.16. The molecule has 0 N–H and O–H groups in total. The summed E-state index contributed by atoms with van der Waals surface area (Å²) in [5, 5.41) is 0. The van der Waals surface area contributed by atoms with Crippen LogP contribution in [0.3, 0.4) is 0 Å². The number of ether oxygens (including phenoxy) is 1. The van der Waals surface area contributed by atoms with Crippen molar-refractivity contribution in [2.45, 2.75) is 0 Å². The molecule has 2 aromatic rings. The van der Waals surface area contributed by atoms with Crippen LogP contribution in [-0.4, -0.2) is 7.11 Å². The number of hydrogen-bond donors (Lipinski definition) is 0. The summed E-state index contributed by atoms with van der Waals surface area (Å²) in [6, 6.07) is 14.3. The minimum Gasteiger partial charge on any atom is -0.497 e. The first-order chi connectivity index (χ1) is 8.29. The molecule has 0 aliphatic carbocycles. The van der Waals surface area contributed by atoms with Crippen LogP contribution in [0.4, 0.5) is 4.39 Å². The molecule has 0 unspecified atom stereocenters. The van der Waals surface area contributed by atoms with E-state index in [0.717, 1.165) is 11.3 Å². The van der Waals surface area contributed by atoms with Gasteiger partial charge in [0.25, 0.3) is 0 Å². The Hall–Kier alpha value is -2.09. The summed E-state index contributed by atoms with van der Waals surface area (Å²) in [7, 11) is 1.62. The van der Waals surface area contributed by atoms with Gasteiger partial charge in [-0.05, 0) is 23.8 Å². The van der Waals surface area contributed by atoms with Crippen LogP contribution in [-0.2, 0) is 0 Å². The fourth-order valence-electron chi connectivity index (χ4n) is 1.54. The van der Waals surface area contributed by atoms with Crippen LogP contribution in [0.1, 0.15) is 11.1 Å². The Balaban J connectivity index is 2.23. The lowest BCUT2D eigenvalue weighted by Crippen LogP contribution is -1.83. The predicted octanol–water partition coefficient (Wildman–Crippen LogP) is 4.00. The summed E-state index contributed by atoms with van der Waals surface area (Å²) in [4.78, 5) is 0. The van der Waals surface area contributed by atoms with E-state index in [-0.39, 0.29) is 5.82 Å². The summed E-state index contributed by atoms with van der Waals surface area (Å²) in [6.07, 6.45) is 3.62. The smallest absolute Gasteiger partial charge is 0.130 e. The van der Waals surface area contributed by atoms with Crippen molar-refractivity contribution in [3.05, 3.63) is 65.5 Å². The third-order valence-corrected chi connectivity index (χ3v) is 2.45. The van der Waals surface area contributed by atoms with Crippen molar-refractivity contribution in [1.82, 2.24) is 0 Å². The van der Waals surface area contributed by atoms with E-state index in [0.29, 0.717) is 5.56 Å². The first kappa shape index (κ1) is 11.4. The van der Waals surface area contributed by atoms with Crippen molar-refractivity contribution in [2.24, 2.45) is 0 Å². The van der Waals surface area contributed by atoms with Crippen molar-refractivity contribution in [3.63, 3.8) is 0 Å². The zero-order chi connectivity index (χ0) is 12.1. The van der Waals surface area contributed by atoms with E-state index in [4.69, 9.17) is 4.74 Å². The highest BCUT2D eigenvalue weighted by atomic mass is 19.1. The molecule has 0 heterocycles. The van der Waals surface area contributed by atoms with E-state index in [2.05, 4.69) is 0 Å². The Morgan fingerprint density at radius 2 is 1.82 bits per heavy atom. The van der Waals surface area contributed by atoms with E-state index in [9.17, 15) is 4.39 Å². The molecule has 17 heavy (non-hydrogen) atoms. The Labute approximate surface area is 100 Å². The molecule has 0 amide bonds. The molecule has 0 aliphatic heterocycles. The van der Waals surface area contributed by atoms with Crippen LogP contribution in [0.5, 0.6) is 5.75 Å². The van der Waals surface area contributed by atoms with Gasteiger partial charge in [-0.2, -0.15) is 0 Å². The summed E-state index contributed by atoms with van der Waals surface area (Å²) >= 11 is 0. The van der Waals surface area contributed by atoms with Crippen LogP contribution in [0.2, 0.25) is 0 Å². The average Bonchev–Trinajstić information content (AvgIpc) is 2.38. The monoisotopic (exact) mass is 228 g/mol. The second-order valence-electron chi connectivity index (χ2n) is 3.63. The van der Waals surface area contributed by atoms with E-state index in [1.165, 1.54) is 6.07 Å². The molecule has 2 rings (SSSR count). The Bertz CT molecular complexity index is 532. The second kappa shape index (κ2) is 5.30. The lowest BCUT2D eigenvalue weighted by atomic mass is 10.1. The first-order valence-corrected chi connectivity index (χ1v) is 5.36. The van der Waals surface area contributed by atoms with Crippen molar-refractivity contribution in [1.29, 1.82) is 0 Å². The number of rotatable bonds is 3. The molecule has 0 atom stereocenters. The van der Waals surface area contributed by atoms with Crippen LogP contribution < -0.4 is 4.74 Å². The normalized spacial score (nSPS) is 10.7. The summed E-state index contributed by atoms with van der Waals surface area (Å²) in [6.45, 7) is 0. The molecular formula is C15H13FO. The maximum atomic E-state index is 13.4. The van der Waals surface area contributed by atoms with E-state index < -0.39 is 0 Å². The van der Waals surface area contributed by atoms with Crippen LogP contribution in [0.15, 0.2) is 48.5 Å². The third kappa shape index (κ3) is 2.94. The maximum Gasteiger partial charge on any atom is 0.130 e. The van der Waals surface area contributed by atoms with Gasteiger partial charge in [-0.1, -0.05) is 42.5 Å². The molecule has 0 radical (unpaired) electrons. The van der Waals surface area contributed by atoms with Gasteiger partial charge in [0, 0.05) is 5.56 Å². The molecular weight excluding hydrogens is 215 g/mol. The van der Waals surface area contributed by atoms with Crippen molar-refractivity contribution in [3.8, 4) is 5.75 Å². The topological polar surface area (TPSA) is 9.23 Å². The van der Waals surface area contributed by atoms with E-state index in [1.807, 2.05) is 36.4 Å². The molecule has 0 aliphatic rings. The zero-order valence-electron chi connectivity index (χ0n) is 9.56. The largest absolute Gasteiger partial charge is 0.497 e. The standard InChI is InChI=1S/C15H13FO/c1-17-14-7-4-5-12(11-14)9-10-13-6-2-3-8-15(13)16/h2-11H,1H3. The van der Waals surface area contributed by atoms with Gasteiger partial charge in [0.15, 0.2) is 0 Å². The van der Waals surface area contributed by atoms with Crippen LogP contribution in [0.25, 0.3) is 12.2 Å². The second-order valence-corrected chi connectivity index (χ2v) is 3.63. The van der Waals surface area contributed by atoms with E-state index in [1.54, 1.807) is 25.3 Å². The van der Waals surface area contributed by atoms with Gasteiger partial charge in [0.05, 0.1) is 7.11 Å². The number of hydrogen-bond acceptors (Lipinski definition) is 1. The van der Waals surface area contributed by atoms with E-state index >= 15 is 0 Å². The lowest BCUT2D eigenvalue weighted by molar-refractivity contribution is 0.414. The minimum absolute atomic E-state index is 0.216. The lowest BCUT2D eigenvalue weighted by Gasteiger charge is -2.00. The average molecular weight is 228 g/mol. The number of benzene rings is 2. The molecule has 1 nitrogen and oxygen atoms in total. The maximum absolute atomic E-state index is 13.4. The summed E-state index contributed by atoms with van der Waals surface area (Å²) in [5.41, 5.74) is 1.56. The quantitative estimate of drug-likeness (QED) is 0.721. The number of methoxy groups -OCH3 is 1. The number of halogens is 1. The summed E-state index contributed by atoms with van der Waals surface area (Å²) in [5.74, 6) is 0.576. The molecule has 0 saturated carbocycles. The summed E-state index contributed by atoms with van der Waals surface area (Å²) < 4.78 is 18.5. The SMILES string of the molecule is COc1cccc(C=Cc2ccccc2F)c1. The predicted molar refractivity (Wildman–Crippen MR) is 68.3 cm³/mol. The minimum atomic E-state index is -0.216. The van der Waals surface area contributed by atoms with Crippen molar-refractivity contribution < 1.29 is 9.13 Å². The van der Waals surface area contributed by atoms with Gasteiger partial charge in [-0.25, -0.2) is 4.39 Å². The van der Waals surface area contributed by atoms with Crippen molar-refractivity contribution >= 4 is 12.2 Å². The van der Waals surface area contributed by atoms with Gasteiger partial charge < -0.3 is 4.74 Å². The highest BCUT2D eigenvalue weighted by Gasteiger charge is 1.96. The Morgan fingerprint density at radius 1 is 1.00 bits per heavy atom. The third-order valence-electron chi connectivity index (χ3n) is 2.45. The van der Waals surface area contributed by atoms with Gasteiger partial charge in [-0.15, -0.1) is 0 Å².